The van der Waals surface area contributed by atoms with Gasteiger partial charge in [-0.15, -0.1) is 16.7 Å². The summed E-state index contributed by atoms with van der Waals surface area (Å²) in [6, 6.07) is 0. The summed E-state index contributed by atoms with van der Waals surface area (Å²) in [5.74, 6) is 0. The number of hydrogen-bond acceptors (Lipinski definition) is 3. The maximum absolute atomic E-state index is 9.12. The van der Waals surface area contributed by atoms with E-state index < -0.39 is 4.87 Å². The average Bonchev–Trinajstić information content (AvgIpc) is 2.30. The average molecular weight is 186 g/mol. The fourth-order valence-electron chi connectivity index (χ4n) is 1.24. The zero-order valence-electron chi connectivity index (χ0n) is 6.53. The molecular weight excluding hydrogens is 178 g/mol. The van der Waals surface area contributed by atoms with Crippen LogP contribution in [0.25, 0.3) is 6.08 Å². The quantitative estimate of drug-likeness (QED) is 0.486. The fourth-order valence-corrected chi connectivity index (χ4v) is 1.43. The summed E-state index contributed by atoms with van der Waals surface area (Å²) in [6.07, 6.45) is 4.15. The Labute approximate surface area is 74.4 Å². The highest BCUT2D eigenvalue weighted by molar-refractivity contribution is 6.25. The topological polar surface area (TPSA) is 50.9 Å². The molecule has 1 heterocycles. The Kier molecular flexibility index (Phi) is 1.41. The van der Waals surface area contributed by atoms with Gasteiger partial charge in [0.2, 0.25) is 0 Å². The normalized spacial score (nSPS) is 27.2. The number of fused-ring (bicyclic) bond motifs is 1. The molecule has 0 radical (unpaired) electrons. The van der Waals surface area contributed by atoms with Crippen molar-refractivity contribution in [2.24, 2.45) is 0 Å². The maximum Gasteiger partial charge on any atom is 0.126 e. The van der Waals surface area contributed by atoms with E-state index >= 15 is 0 Å². The summed E-state index contributed by atoms with van der Waals surface area (Å²) in [5, 5.41) is 16.4. The van der Waals surface area contributed by atoms with Crippen molar-refractivity contribution >= 4 is 17.7 Å². The first-order valence-electron chi connectivity index (χ1n) is 3.60. The summed E-state index contributed by atoms with van der Waals surface area (Å²) in [6.45, 7) is 1.89. The van der Waals surface area contributed by atoms with Crippen LogP contribution in [0.4, 0.5) is 0 Å². The molecule has 1 unspecified atom stereocenters. The van der Waals surface area contributed by atoms with Gasteiger partial charge in [0.1, 0.15) is 5.69 Å². The molecule has 64 valence electrons. The van der Waals surface area contributed by atoms with Gasteiger partial charge in [0.05, 0.1) is 10.6 Å². The first kappa shape index (κ1) is 7.61. The van der Waals surface area contributed by atoms with Crippen molar-refractivity contribution < 1.29 is 5.21 Å². The molecule has 0 saturated carbocycles. The molecule has 0 amide bonds. The van der Waals surface area contributed by atoms with Crippen LogP contribution in [-0.4, -0.2) is 25.2 Å². The lowest BCUT2D eigenvalue weighted by Gasteiger charge is -2.19. The molecule has 5 heteroatoms. The second-order valence-corrected chi connectivity index (χ2v) is 3.96. The van der Waals surface area contributed by atoms with Gasteiger partial charge in [0.15, 0.2) is 0 Å². The fraction of sp³-hybridized carbons (Fsp3) is 0.429. The van der Waals surface area contributed by atoms with Crippen molar-refractivity contribution in [1.29, 1.82) is 0 Å². The van der Waals surface area contributed by atoms with E-state index in [0.29, 0.717) is 12.1 Å². The molecule has 0 fully saturated rings. The van der Waals surface area contributed by atoms with Gasteiger partial charge in [-0.25, -0.2) is 0 Å². The van der Waals surface area contributed by atoms with Crippen molar-refractivity contribution in [2.45, 2.75) is 18.2 Å². The van der Waals surface area contributed by atoms with Crippen LogP contribution in [0.5, 0.6) is 0 Å². The van der Waals surface area contributed by atoms with Crippen molar-refractivity contribution in [3.63, 3.8) is 0 Å². The van der Waals surface area contributed by atoms with E-state index in [1.807, 2.05) is 13.0 Å². The number of aromatic nitrogens is 3. The Balaban J connectivity index is 2.48. The monoisotopic (exact) mass is 185 g/mol. The number of allylic oxidation sites excluding steroid dienone is 1. The van der Waals surface area contributed by atoms with Gasteiger partial charge in [-0.1, -0.05) is 10.9 Å². The SMILES string of the molecule is CC1(Cl)C=Cc2c(nnn2O)C1. The second kappa shape index (κ2) is 2.23. The molecule has 1 aromatic heterocycles. The van der Waals surface area contributed by atoms with Crippen molar-refractivity contribution in [3.8, 4) is 0 Å². The Morgan fingerprint density at radius 1 is 1.75 bits per heavy atom. The molecule has 0 bridgehead atoms. The molecular formula is C7H8ClN3O. The van der Waals surface area contributed by atoms with Crippen LogP contribution in [0.3, 0.4) is 0 Å². The van der Waals surface area contributed by atoms with E-state index in [1.165, 1.54) is 0 Å². The van der Waals surface area contributed by atoms with E-state index in [9.17, 15) is 0 Å². The molecule has 0 aliphatic heterocycles. The van der Waals surface area contributed by atoms with Crippen LogP contribution in [0.1, 0.15) is 18.3 Å². The number of hydrogen-bond donors (Lipinski definition) is 1. The molecule has 1 atom stereocenters. The number of nitrogens with zero attached hydrogens (tertiary/aromatic N) is 3. The summed E-state index contributed by atoms with van der Waals surface area (Å²) in [5.41, 5.74) is 1.35. The minimum Gasteiger partial charge on any atom is -0.410 e. The summed E-state index contributed by atoms with van der Waals surface area (Å²) < 4.78 is 0. The summed E-state index contributed by atoms with van der Waals surface area (Å²) >= 11 is 6.06. The van der Waals surface area contributed by atoms with Crippen LogP contribution in [0.15, 0.2) is 6.08 Å². The van der Waals surface area contributed by atoms with E-state index in [-0.39, 0.29) is 0 Å². The molecule has 0 spiro atoms. The van der Waals surface area contributed by atoms with Crippen LogP contribution in [0.2, 0.25) is 0 Å². The van der Waals surface area contributed by atoms with Crippen molar-refractivity contribution in [1.82, 2.24) is 15.2 Å². The molecule has 1 aliphatic rings. The van der Waals surface area contributed by atoms with Gasteiger partial charge in [-0.05, 0) is 18.2 Å². The molecule has 1 N–H and O–H groups in total. The smallest absolute Gasteiger partial charge is 0.126 e. The maximum atomic E-state index is 9.12. The summed E-state index contributed by atoms with van der Waals surface area (Å²) in [4.78, 5) is 0.362. The van der Waals surface area contributed by atoms with Gasteiger partial charge in [0, 0.05) is 6.42 Å². The predicted octanol–water partition coefficient (Wildman–Crippen LogP) is 1.08. The standard InChI is InChI=1S/C7H8ClN3O/c1-7(8)3-2-6-5(4-7)9-10-11(6)12/h2-3,12H,4H2,1H3. The third-order valence-corrected chi connectivity index (χ3v) is 2.12. The molecule has 0 aromatic carbocycles. The Bertz CT molecular complexity index is 342. The minimum absolute atomic E-state index is 0.400. The number of rotatable bonds is 0. The number of halogens is 1. The van der Waals surface area contributed by atoms with Gasteiger partial charge >= 0.3 is 0 Å². The van der Waals surface area contributed by atoms with E-state index in [4.69, 9.17) is 16.8 Å². The predicted molar refractivity (Wildman–Crippen MR) is 44.2 cm³/mol. The summed E-state index contributed by atoms with van der Waals surface area (Å²) in [7, 11) is 0. The Hall–Kier alpha value is -1.03. The number of alkyl halides is 1. The third-order valence-electron chi connectivity index (χ3n) is 1.86. The van der Waals surface area contributed by atoms with Gasteiger partial charge in [-0.3, -0.25) is 0 Å². The highest BCUT2D eigenvalue weighted by atomic mass is 35.5. The third kappa shape index (κ3) is 1.08. The first-order valence-corrected chi connectivity index (χ1v) is 3.98. The zero-order valence-corrected chi connectivity index (χ0v) is 7.28. The first-order chi connectivity index (χ1) is 5.58. The highest BCUT2D eigenvalue weighted by Gasteiger charge is 2.26. The van der Waals surface area contributed by atoms with Crippen LogP contribution < -0.4 is 0 Å². The van der Waals surface area contributed by atoms with E-state index in [2.05, 4.69) is 10.3 Å². The largest absolute Gasteiger partial charge is 0.410 e. The van der Waals surface area contributed by atoms with E-state index in [0.717, 1.165) is 10.5 Å². The lowest BCUT2D eigenvalue weighted by Crippen LogP contribution is -2.20. The van der Waals surface area contributed by atoms with Gasteiger partial charge in [0.25, 0.3) is 0 Å². The minimum atomic E-state index is -0.400. The lowest BCUT2D eigenvalue weighted by atomic mass is 9.97. The van der Waals surface area contributed by atoms with Crippen molar-refractivity contribution in [3.05, 3.63) is 17.5 Å². The molecule has 0 saturated heterocycles. The Morgan fingerprint density at radius 3 is 3.25 bits per heavy atom. The Morgan fingerprint density at radius 2 is 2.50 bits per heavy atom. The molecule has 1 aliphatic carbocycles. The van der Waals surface area contributed by atoms with Crippen LogP contribution >= 0.6 is 11.6 Å². The van der Waals surface area contributed by atoms with E-state index in [1.54, 1.807) is 6.08 Å². The highest BCUT2D eigenvalue weighted by Crippen LogP contribution is 2.28. The molecule has 2 rings (SSSR count). The van der Waals surface area contributed by atoms with Crippen LogP contribution in [-0.2, 0) is 6.42 Å². The molecule has 12 heavy (non-hydrogen) atoms. The van der Waals surface area contributed by atoms with Crippen molar-refractivity contribution in [2.75, 3.05) is 0 Å². The molecule has 1 aromatic rings. The molecule has 4 nitrogen and oxygen atoms in total. The lowest BCUT2D eigenvalue weighted by molar-refractivity contribution is 0.141. The van der Waals surface area contributed by atoms with Gasteiger partial charge in [-0.2, -0.15) is 0 Å². The second-order valence-electron chi connectivity index (χ2n) is 3.10. The zero-order chi connectivity index (χ0) is 8.77. The van der Waals surface area contributed by atoms with Gasteiger partial charge < -0.3 is 5.21 Å². The van der Waals surface area contributed by atoms with Crippen LogP contribution in [0, 0.1) is 0 Å².